The van der Waals surface area contributed by atoms with Crippen LogP contribution in [-0.2, 0) is 11.3 Å². The van der Waals surface area contributed by atoms with Crippen molar-refractivity contribution in [2.45, 2.75) is 20.4 Å². The second kappa shape index (κ2) is 7.55. The number of carbonyl (C=O) groups excluding carboxylic acids is 2. The fourth-order valence-electron chi connectivity index (χ4n) is 2.45. The van der Waals surface area contributed by atoms with E-state index in [9.17, 15) is 9.59 Å². The van der Waals surface area contributed by atoms with Crippen molar-refractivity contribution < 1.29 is 14.3 Å². The van der Waals surface area contributed by atoms with Crippen LogP contribution >= 0.6 is 0 Å². The summed E-state index contributed by atoms with van der Waals surface area (Å²) in [5.74, 6) is -0.609. The summed E-state index contributed by atoms with van der Waals surface area (Å²) in [6, 6.07) is 12.4. The van der Waals surface area contributed by atoms with Crippen molar-refractivity contribution in [2.24, 2.45) is 0 Å². The number of methoxy groups -OCH3 is 1. The van der Waals surface area contributed by atoms with Gasteiger partial charge in [0.05, 0.1) is 19.3 Å². The van der Waals surface area contributed by atoms with Crippen LogP contribution in [0.4, 0.5) is 0 Å². The van der Waals surface area contributed by atoms with E-state index in [1.165, 1.54) is 7.11 Å². The number of rotatable bonds is 3. The zero-order chi connectivity index (χ0) is 17.7. The van der Waals surface area contributed by atoms with Crippen LogP contribution in [-0.4, -0.2) is 28.9 Å². The molecule has 0 bridgehead atoms. The summed E-state index contributed by atoms with van der Waals surface area (Å²) in [7, 11) is 1.30. The molecule has 0 saturated heterocycles. The molecule has 0 N–H and O–H groups in total. The number of amides is 1. The largest absolute Gasteiger partial charge is 0.464 e. The van der Waals surface area contributed by atoms with Gasteiger partial charge < -0.3 is 9.64 Å². The molecule has 2 heterocycles. The Kier molecular flexibility index (Phi) is 5.47. The molecule has 0 aliphatic carbocycles. The SMILES string of the molecule is C=C1c2ccccc2C(=O)N1Cc1cccc(C(=O)OC)n1.CC. The summed E-state index contributed by atoms with van der Waals surface area (Å²) in [5, 5.41) is 0. The van der Waals surface area contributed by atoms with Gasteiger partial charge in [0.1, 0.15) is 5.69 Å². The molecule has 1 aliphatic rings. The molecule has 0 spiro atoms. The molecule has 124 valence electrons. The third kappa shape index (κ3) is 3.20. The molecule has 0 saturated carbocycles. The maximum absolute atomic E-state index is 12.4. The van der Waals surface area contributed by atoms with E-state index in [2.05, 4.69) is 16.3 Å². The van der Waals surface area contributed by atoms with E-state index in [1.54, 1.807) is 29.2 Å². The molecular weight excluding hydrogens is 304 g/mol. The third-order valence-corrected chi connectivity index (χ3v) is 3.56. The number of carbonyl (C=O) groups is 2. The fourth-order valence-corrected chi connectivity index (χ4v) is 2.45. The zero-order valence-electron chi connectivity index (χ0n) is 14.1. The van der Waals surface area contributed by atoms with Crippen LogP contribution in [0.2, 0.25) is 0 Å². The van der Waals surface area contributed by atoms with Crippen LogP contribution in [0.15, 0.2) is 49.0 Å². The highest BCUT2D eigenvalue weighted by molar-refractivity contribution is 6.08. The van der Waals surface area contributed by atoms with Gasteiger partial charge in [-0.3, -0.25) is 4.79 Å². The lowest BCUT2D eigenvalue weighted by Crippen LogP contribution is -2.23. The lowest BCUT2D eigenvalue weighted by atomic mass is 10.1. The van der Waals surface area contributed by atoms with Crippen molar-refractivity contribution in [3.05, 3.63) is 71.6 Å². The molecule has 1 aliphatic heterocycles. The average molecular weight is 324 g/mol. The van der Waals surface area contributed by atoms with Gasteiger partial charge >= 0.3 is 5.97 Å². The van der Waals surface area contributed by atoms with Gasteiger partial charge in [-0.05, 0) is 18.2 Å². The Hall–Kier alpha value is -2.95. The Morgan fingerprint density at radius 3 is 2.42 bits per heavy atom. The maximum atomic E-state index is 12.4. The molecule has 24 heavy (non-hydrogen) atoms. The number of aromatic nitrogens is 1. The van der Waals surface area contributed by atoms with Gasteiger partial charge in [0.2, 0.25) is 0 Å². The molecule has 1 aromatic carbocycles. The topological polar surface area (TPSA) is 59.5 Å². The second-order valence-electron chi connectivity index (χ2n) is 4.89. The van der Waals surface area contributed by atoms with Crippen LogP contribution < -0.4 is 0 Å². The van der Waals surface area contributed by atoms with Crippen LogP contribution in [0.1, 0.15) is 46.0 Å². The smallest absolute Gasteiger partial charge is 0.356 e. The summed E-state index contributed by atoms with van der Waals surface area (Å²) in [6.45, 7) is 8.24. The summed E-state index contributed by atoms with van der Waals surface area (Å²) in [5.41, 5.74) is 2.93. The maximum Gasteiger partial charge on any atom is 0.356 e. The highest BCUT2D eigenvalue weighted by Crippen LogP contribution is 2.32. The molecule has 0 atom stereocenters. The first-order valence-electron chi connectivity index (χ1n) is 7.76. The van der Waals surface area contributed by atoms with Gasteiger partial charge in [0.15, 0.2) is 0 Å². The Morgan fingerprint density at radius 2 is 1.79 bits per heavy atom. The molecule has 1 aromatic heterocycles. The summed E-state index contributed by atoms with van der Waals surface area (Å²) < 4.78 is 4.65. The van der Waals surface area contributed by atoms with E-state index in [1.807, 2.05) is 32.0 Å². The average Bonchev–Trinajstić information content (AvgIpc) is 2.88. The molecule has 5 nitrogen and oxygen atoms in total. The molecule has 3 rings (SSSR count). The number of ether oxygens (including phenoxy) is 1. The predicted octanol–water partition coefficient (Wildman–Crippen LogP) is 3.52. The van der Waals surface area contributed by atoms with Crippen LogP contribution in [0, 0.1) is 0 Å². The third-order valence-electron chi connectivity index (χ3n) is 3.56. The molecule has 0 radical (unpaired) electrons. The van der Waals surface area contributed by atoms with Crippen molar-refractivity contribution in [2.75, 3.05) is 7.11 Å². The number of hydrogen-bond donors (Lipinski definition) is 0. The van der Waals surface area contributed by atoms with E-state index in [0.29, 0.717) is 17.0 Å². The van der Waals surface area contributed by atoms with E-state index in [-0.39, 0.29) is 18.1 Å². The minimum atomic E-state index is -0.503. The molecule has 5 heteroatoms. The van der Waals surface area contributed by atoms with Crippen LogP contribution in [0.3, 0.4) is 0 Å². The molecule has 0 fully saturated rings. The normalized spacial score (nSPS) is 12.4. The molecule has 0 unspecified atom stereocenters. The Morgan fingerprint density at radius 1 is 1.12 bits per heavy atom. The summed E-state index contributed by atoms with van der Waals surface area (Å²) in [4.78, 5) is 29.8. The fraction of sp³-hybridized carbons (Fsp3) is 0.211. The van der Waals surface area contributed by atoms with Gasteiger partial charge in [0.25, 0.3) is 5.91 Å². The molecule has 1 amide bonds. The Labute approximate surface area is 141 Å². The van der Waals surface area contributed by atoms with Crippen molar-refractivity contribution in [3.63, 3.8) is 0 Å². The van der Waals surface area contributed by atoms with E-state index in [4.69, 9.17) is 0 Å². The first kappa shape index (κ1) is 17.4. The first-order chi connectivity index (χ1) is 11.6. The highest BCUT2D eigenvalue weighted by Gasteiger charge is 2.30. The predicted molar refractivity (Wildman–Crippen MR) is 92.3 cm³/mol. The number of hydrogen-bond acceptors (Lipinski definition) is 4. The van der Waals surface area contributed by atoms with Crippen LogP contribution in [0.5, 0.6) is 0 Å². The Balaban J connectivity index is 0.00000100. The van der Waals surface area contributed by atoms with Gasteiger partial charge in [-0.25, -0.2) is 9.78 Å². The summed E-state index contributed by atoms with van der Waals surface area (Å²) >= 11 is 0. The summed E-state index contributed by atoms with van der Waals surface area (Å²) in [6.07, 6.45) is 0. The minimum Gasteiger partial charge on any atom is -0.464 e. The minimum absolute atomic E-state index is 0.106. The zero-order valence-corrected chi connectivity index (χ0v) is 14.1. The standard InChI is InChI=1S/C17H14N2O3.C2H6/c1-11-13-7-3-4-8-14(13)16(20)19(11)10-12-6-5-9-15(18-12)17(21)22-2;1-2/h3-9H,1,10H2,2H3;1-2H3. The number of pyridine rings is 1. The van der Waals surface area contributed by atoms with E-state index >= 15 is 0 Å². The molecule has 2 aromatic rings. The lowest BCUT2D eigenvalue weighted by Gasteiger charge is -2.17. The van der Waals surface area contributed by atoms with E-state index in [0.717, 1.165) is 5.56 Å². The van der Waals surface area contributed by atoms with Gasteiger partial charge in [-0.2, -0.15) is 0 Å². The van der Waals surface area contributed by atoms with Crippen molar-refractivity contribution >= 4 is 17.6 Å². The number of fused-ring (bicyclic) bond motifs is 1. The lowest BCUT2D eigenvalue weighted by molar-refractivity contribution is 0.0593. The van der Waals surface area contributed by atoms with Crippen molar-refractivity contribution in [1.82, 2.24) is 9.88 Å². The van der Waals surface area contributed by atoms with Gasteiger partial charge in [-0.1, -0.05) is 44.7 Å². The van der Waals surface area contributed by atoms with Crippen molar-refractivity contribution in [3.8, 4) is 0 Å². The second-order valence-corrected chi connectivity index (χ2v) is 4.89. The first-order valence-corrected chi connectivity index (χ1v) is 7.76. The number of benzene rings is 1. The molecular formula is C19H20N2O3. The monoisotopic (exact) mass is 324 g/mol. The highest BCUT2D eigenvalue weighted by atomic mass is 16.5. The van der Waals surface area contributed by atoms with Gasteiger partial charge in [-0.15, -0.1) is 0 Å². The van der Waals surface area contributed by atoms with E-state index < -0.39 is 5.97 Å². The van der Waals surface area contributed by atoms with Crippen LogP contribution in [0.25, 0.3) is 5.70 Å². The number of nitrogens with zero attached hydrogens (tertiary/aromatic N) is 2. The quantitative estimate of drug-likeness (QED) is 0.811. The van der Waals surface area contributed by atoms with Crippen molar-refractivity contribution in [1.29, 1.82) is 0 Å². The van der Waals surface area contributed by atoms with Gasteiger partial charge in [0, 0.05) is 16.8 Å². The Bertz CT molecular complexity index is 749. The number of esters is 1.